The fourth-order valence-electron chi connectivity index (χ4n) is 2.87. The number of hydrogen-bond acceptors (Lipinski definition) is 4. The highest BCUT2D eigenvalue weighted by Crippen LogP contribution is 2.32. The minimum atomic E-state index is -0.752. The molecule has 0 aliphatic heterocycles. The fraction of sp³-hybridized carbons (Fsp3) is 0.0952. The van der Waals surface area contributed by atoms with Crippen molar-refractivity contribution in [2.45, 2.75) is 13.5 Å². The number of carbonyl (C=O) groups is 1. The first-order valence-electron chi connectivity index (χ1n) is 8.55. The maximum atomic E-state index is 14.1. The Morgan fingerprint density at radius 3 is 2.71 bits per heavy atom. The van der Waals surface area contributed by atoms with Crippen molar-refractivity contribution >= 4 is 32.6 Å². The molecule has 0 saturated carbocycles. The molecule has 4 nitrogen and oxygen atoms in total. The third kappa shape index (κ3) is 3.61. The Balaban J connectivity index is 1.80. The molecule has 140 valence electrons. The molecular weight excluding hydrogens is 380 g/mol. The highest BCUT2D eigenvalue weighted by atomic mass is 32.1. The molecular formula is C21H15F2N3OS. The number of carbonyl (C=O) groups excluding carboxylic acids is 1. The summed E-state index contributed by atoms with van der Waals surface area (Å²) in [6, 6.07) is 14.6. The molecule has 28 heavy (non-hydrogen) atoms. The number of aromatic nitrogens is 2. The number of aryl methyl sites for hydroxylation is 1. The van der Waals surface area contributed by atoms with Crippen LogP contribution < -0.4 is 4.90 Å². The van der Waals surface area contributed by atoms with Gasteiger partial charge in [0.1, 0.15) is 11.3 Å². The van der Waals surface area contributed by atoms with E-state index in [0.29, 0.717) is 16.0 Å². The molecule has 2 heterocycles. The van der Waals surface area contributed by atoms with Gasteiger partial charge in [0.25, 0.3) is 5.91 Å². The molecule has 4 rings (SSSR count). The number of nitrogens with zero attached hydrogens (tertiary/aromatic N) is 3. The van der Waals surface area contributed by atoms with Crippen molar-refractivity contribution in [3.8, 4) is 0 Å². The van der Waals surface area contributed by atoms with Gasteiger partial charge in [0.15, 0.2) is 10.9 Å². The lowest BCUT2D eigenvalue weighted by molar-refractivity contribution is 0.0984. The first-order chi connectivity index (χ1) is 13.5. The molecule has 1 amide bonds. The molecule has 0 aliphatic rings. The third-order valence-electron chi connectivity index (χ3n) is 4.19. The summed E-state index contributed by atoms with van der Waals surface area (Å²) in [7, 11) is 0. The molecule has 4 aromatic rings. The number of thiazole rings is 1. The average molecular weight is 395 g/mol. The van der Waals surface area contributed by atoms with Crippen LogP contribution in [0.1, 0.15) is 21.6 Å². The van der Waals surface area contributed by atoms with Gasteiger partial charge in [-0.3, -0.25) is 14.7 Å². The molecule has 0 saturated heterocycles. The molecule has 7 heteroatoms. The van der Waals surface area contributed by atoms with Crippen LogP contribution in [0.15, 0.2) is 60.8 Å². The summed E-state index contributed by atoms with van der Waals surface area (Å²) in [5.74, 6) is -1.71. The zero-order chi connectivity index (χ0) is 19.7. The van der Waals surface area contributed by atoms with Crippen LogP contribution in [0.4, 0.5) is 13.9 Å². The molecule has 2 aromatic carbocycles. The van der Waals surface area contributed by atoms with Gasteiger partial charge in [-0.15, -0.1) is 0 Å². The number of benzene rings is 2. The Labute approximate surface area is 164 Å². The fourth-order valence-corrected chi connectivity index (χ4v) is 3.88. The number of amides is 1. The summed E-state index contributed by atoms with van der Waals surface area (Å²) in [5, 5.41) is 0.289. The van der Waals surface area contributed by atoms with Crippen LogP contribution >= 0.6 is 11.3 Å². The maximum absolute atomic E-state index is 14.1. The van der Waals surface area contributed by atoms with E-state index in [1.807, 2.05) is 19.1 Å². The Morgan fingerprint density at radius 1 is 1.11 bits per heavy atom. The molecule has 0 bridgehead atoms. The lowest BCUT2D eigenvalue weighted by atomic mass is 10.1. The molecule has 0 N–H and O–H groups in total. The van der Waals surface area contributed by atoms with E-state index in [2.05, 4.69) is 9.97 Å². The van der Waals surface area contributed by atoms with Gasteiger partial charge in [-0.25, -0.2) is 13.8 Å². The lowest BCUT2D eigenvalue weighted by Crippen LogP contribution is -2.30. The largest absolute Gasteiger partial charge is 0.278 e. The minimum Gasteiger partial charge on any atom is -0.278 e. The lowest BCUT2D eigenvalue weighted by Gasteiger charge is -2.19. The Bertz CT molecular complexity index is 1160. The van der Waals surface area contributed by atoms with Crippen molar-refractivity contribution in [1.29, 1.82) is 0 Å². The van der Waals surface area contributed by atoms with Gasteiger partial charge in [-0.2, -0.15) is 0 Å². The summed E-state index contributed by atoms with van der Waals surface area (Å²) >= 11 is 1.07. The first kappa shape index (κ1) is 18.2. The van der Waals surface area contributed by atoms with Crippen LogP contribution in [0, 0.1) is 18.6 Å². The molecule has 0 aliphatic carbocycles. The second-order valence-electron chi connectivity index (χ2n) is 6.31. The Hall–Kier alpha value is -3.19. The highest BCUT2D eigenvalue weighted by molar-refractivity contribution is 7.22. The van der Waals surface area contributed by atoms with E-state index in [9.17, 15) is 13.6 Å². The molecule has 0 fully saturated rings. The van der Waals surface area contributed by atoms with Gasteiger partial charge >= 0.3 is 0 Å². The minimum absolute atomic E-state index is 0.0458. The van der Waals surface area contributed by atoms with Crippen LogP contribution in [0.25, 0.3) is 10.2 Å². The zero-order valence-corrected chi connectivity index (χ0v) is 15.7. The van der Waals surface area contributed by atoms with Gasteiger partial charge in [0.2, 0.25) is 0 Å². The van der Waals surface area contributed by atoms with Crippen LogP contribution in [-0.4, -0.2) is 15.9 Å². The third-order valence-corrected chi connectivity index (χ3v) is 5.21. The van der Waals surface area contributed by atoms with E-state index < -0.39 is 11.6 Å². The maximum Gasteiger partial charge on any atom is 0.260 e. The van der Waals surface area contributed by atoms with Crippen molar-refractivity contribution in [1.82, 2.24) is 9.97 Å². The van der Waals surface area contributed by atoms with Gasteiger partial charge in [0, 0.05) is 17.8 Å². The normalized spacial score (nSPS) is 11.0. The molecule has 0 radical (unpaired) electrons. The van der Waals surface area contributed by atoms with Crippen LogP contribution in [0.2, 0.25) is 0 Å². The topological polar surface area (TPSA) is 46.1 Å². The Morgan fingerprint density at radius 2 is 1.96 bits per heavy atom. The SMILES string of the molecule is Cc1cccc(C(=O)N(Cc2ccccn2)c2nc3c(F)cc(F)cc3s2)c1. The number of rotatable bonds is 4. The zero-order valence-electron chi connectivity index (χ0n) is 14.9. The number of hydrogen-bond donors (Lipinski definition) is 0. The van der Waals surface area contributed by atoms with E-state index >= 15 is 0 Å². The summed E-state index contributed by atoms with van der Waals surface area (Å²) in [6.45, 7) is 2.06. The molecule has 2 aromatic heterocycles. The smallest absolute Gasteiger partial charge is 0.260 e. The van der Waals surface area contributed by atoms with Gasteiger partial charge in [0.05, 0.1) is 16.9 Å². The first-order valence-corrected chi connectivity index (χ1v) is 9.37. The van der Waals surface area contributed by atoms with Crippen molar-refractivity contribution in [2.75, 3.05) is 4.90 Å². The van der Waals surface area contributed by atoms with Crippen molar-refractivity contribution in [3.05, 3.63) is 89.2 Å². The molecule has 0 spiro atoms. The second-order valence-corrected chi connectivity index (χ2v) is 7.32. The van der Waals surface area contributed by atoms with Crippen LogP contribution in [0.5, 0.6) is 0 Å². The van der Waals surface area contributed by atoms with Crippen molar-refractivity contribution in [2.24, 2.45) is 0 Å². The quantitative estimate of drug-likeness (QED) is 0.482. The van der Waals surface area contributed by atoms with E-state index in [-0.39, 0.29) is 23.1 Å². The standard InChI is InChI=1S/C21H15F2N3OS/c1-13-5-4-6-14(9-13)20(27)26(12-16-7-2-3-8-24-16)21-25-19-17(23)10-15(22)11-18(19)28-21/h2-11H,12H2,1H3. The summed E-state index contributed by atoms with van der Waals surface area (Å²) in [5.41, 5.74) is 2.14. The van der Waals surface area contributed by atoms with Gasteiger partial charge < -0.3 is 0 Å². The average Bonchev–Trinajstić information content (AvgIpc) is 3.10. The Kier molecular flexibility index (Phi) is 4.83. The van der Waals surface area contributed by atoms with E-state index in [1.54, 1.807) is 36.5 Å². The predicted octanol–water partition coefficient (Wildman–Crippen LogP) is 5.12. The van der Waals surface area contributed by atoms with Crippen molar-refractivity contribution in [3.63, 3.8) is 0 Å². The van der Waals surface area contributed by atoms with Crippen LogP contribution in [-0.2, 0) is 6.54 Å². The highest BCUT2D eigenvalue weighted by Gasteiger charge is 2.23. The van der Waals surface area contributed by atoms with E-state index in [0.717, 1.165) is 23.0 Å². The second kappa shape index (κ2) is 7.44. The number of fused-ring (bicyclic) bond motifs is 1. The summed E-state index contributed by atoms with van der Waals surface area (Å²) < 4.78 is 28.0. The number of anilines is 1. The van der Waals surface area contributed by atoms with Gasteiger partial charge in [-0.1, -0.05) is 35.1 Å². The van der Waals surface area contributed by atoms with E-state index in [4.69, 9.17) is 0 Å². The number of halogens is 2. The van der Waals surface area contributed by atoms with Crippen LogP contribution in [0.3, 0.4) is 0 Å². The monoisotopic (exact) mass is 395 g/mol. The summed E-state index contributed by atoms with van der Waals surface area (Å²) in [6.07, 6.45) is 1.64. The number of pyridine rings is 1. The molecule has 0 unspecified atom stereocenters. The molecule has 0 atom stereocenters. The van der Waals surface area contributed by atoms with E-state index in [1.165, 1.54) is 11.0 Å². The van der Waals surface area contributed by atoms with Gasteiger partial charge in [-0.05, 0) is 37.3 Å². The predicted molar refractivity (Wildman–Crippen MR) is 105 cm³/mol. The van der Waals surface area contributed by atoms with Crippen molar-refractivity contribution < 1.29 is 13.6 Å². The summed E-state index contributed by atoms with van der Waals surface area (Å²) in [4.78, 5) is 23.2.